The summed E-state index contributed by atoms with van der Waals surface area (Å²) in [7, 11) is 0. The van der Waals surface area contributed by atoms with Crippen molar-refractivity contribution in [2.75, 3.05) is 13.1 Å². The monoisotopic (exact) mass is 784 g/mol. The zero-order valence-corrected chi connectivity index (χ0v) is 33.2. The van der Waals surface area contributed by atoms with Gasteiger partial charge in [0.25, 0.3) is 5.91 Å². The van der Waals surface area contributed by atoms with Crippen LogP contribution in [0.25, 0.3) is 0 Å². The van der Waals surface area contributed by atoms with Gasteiger partial charge in [0.15, 0.2) is 5.78 Å². The summed E-state index contributed by atoms with van der Waals surface area (Å²) in [5, 5.41) is 81.5. The Morgan fingerprint density at radius 3 is 2.30 bits per heavy atom. The number of allylic oxidation sites excluding steroid dienone is 10. The molecular weight excluding hydrogens is 724 g/mol. The van der Waals surface area contributed by atoms with Gasteiger partial charge in [-0.25, -0.2) is 0 Å². The molecule has 310 valence electrons. The van der Waals surface area contributed by atoms with Gasteiger partial charge in [-0.3, -0.25) is 14.4 Å². The first-order chi connectivity index (χ1) is 26.3. The highest BCUT2D eigenvalue weighted by Gasteiger charge is 2.60. The van der Waals surface area contributed by atoms with Gasteiger partial charge in [0.1, 0.15) is 35.7 Å². The van der Waals surface area contributed by atoms with Crippen LogP contribution in [0, 0.1) is 17.3 Å². The lowest BCUT2D eigenvalue weighted by Crippen LogP contribution is -2.69. The molecule has 56 heavy (non-hydrogen) atoms. The molecule has 14 heteroatoms. The highest BCUT2D eigenvalue weighted by atomic mass is 16.7. The molecule has 3 aliphatic rings. The number of ether oxygens (including phenoxy) is 2. The molecule has 0 saturated carbocycles. The van der Waals surface area contributed by atoms with Crippen molar-refractivity contribution in [2.45, 2.75) is 116 Å². The number of Topliss-reactive ketones (excluding diaryl/α,β-unsaturated/α-hetero) is 1. The standard InChI is InChI=1S/C42H60N2O12/c1-8-10-12-20-30-41(6,7)37(50)38(51)42(54,56-30)27(9-2)39(52)43-22-16-15-18-24(3)32(46)26(5)36-35(49)34(48)29(55-36)19-14-11-13-17-25(4)33(47)31-28(45)21-23-44-40(31)53/h8,10-20,26-27,29-30,32,34-38,46-51,54H,9,21-23H2,1-7H3,(H,43,52)(H,44,53). The summed E-state index contributed by atoms with van der Waals surface area (Å²) in [4.78, 5) is 37.3. The number of piperidine rings is 1. The van der Waals surface area contributed by atoms with E-state index in [2.05, 4.69) is 10.6 Å². The Kier molecular flexibility index (Phi) is 16.9. The lowest BCUT2D eigenvalue weighted by atomic mass is 9.71. The van der Waals surface area contributed by atoms with Crippen molar-refractivity contribution in [1.82, 2.24) is 10.6 Å². The summed E-state index contributed by atoms with van der Waals surface area (Å²) in [5.41, 5.74) is -0.412. The molecule has 3 aliphatic heterocycles. The van der Waals surface area contributed by atoms with Gasteiger partial charge in [-0.2, -0.15) is 0 Å². The number of hydrogen-bond donors (Lipinski definition) is 9. The van der Waals surface area contributed by atoms with Crippen LogP contribution in [0.5, 0.6) is 0 Å². The number of aliphatic hydroxyl groups is 7. The molecule has 0 bridgehead atoms. The third-order valence-electron chi connectivity index (χ3n) is 10.7. The first-order valence-electron chi connectivity index (χ1n) is 19.0. The second kappa shape index (κ2) is 20.4. The molecule has 3 rings (SSSR count). The largest absolute Gasteiger partial charge is 0.507 e. The maximum Gasteiger partial charge on any atom is 0.258 e. The zero-order chi connectivity index (χ0) is 42.0. The van der Waals surface area contributed by atoms with Crippen LogP contribution in [0.3, 0.4) is 0 Å². The molecule has 14 nitrogen and oxygen atoms in total. The van der Waals surface area contributed by atoms with Crippen molar-refractivity contribution < 1.29 is 59.6 Å². The molecule has 0 aromatic carbocycles. The molecule has 0 aromatic rings. The number of amides is 2. The average Bonchev–Trinajstić information content (AvgIpc) is 3.44. The smallest absolute Gasteiger partial charge is 0.258 e. The molecule has 11 atom stereocenters. The fraction of sp³-hybridized carbons (Fsp3) is 0.548. The van der Waals surface area contributed by atoms with Crippen LogP contribution in [0.4, 0.5) is 0 Å². The van der Waals surface area contributed by atoms with Crippen molar-refractivity contribution >= 4 is 17.6 Å². The van der Waals surface area contributed by atoms with Crippen molar-refractivity contribution in [2.24, 2.45) is 17.3 Å². The van der Waals surface area contributed by atoms with Crippen LogP contribution in [-0.4, -0.2) is 121 Å². The summed E-state index contributed by atoms with van der Waals surface area (Å²) >= 11 is 0. The second-order valence-electron chi connectivity index (χ2n) is 15.1. The van der Waals surface area contributed by atoms with Gasteiger partial charge in [-0.1, -0.05) is 101 Å². The van der Waals surface area contributed by atoms with Crippen molar-refractivity contribution in [3.63, 3.8) is 0 Å². The molecule has 9 N–H and O–H groups in total. The molecule has 3 fully saturated rings. The summed E-state index contributed by atoms with van der Waals surface area (Å²) in [6.45, 7) is 12.1. The van der Waals surface area contributed by atoms with E-state index in [9.17, 15) is 50.1 Å². The molecule has 0 radical (unpaired) electrons. The van der Waals surface area contributed by atoms with E-state index in [1.807, 2.05) is 6.92 Å². The SMILES string of the molecule is CC=CC=CC1OC(O)(C(CC)C(=O)NCC=CC=C(C)C(O)C(C)C2OC(C=CC=CC=C(C)C(O)=C3C(=O)CCNC3=O)C(O)C2O)C(O)C(O)C1(C)C. The minimum atomic E-state index is -2.36. The Labute approximate surface area is 329 Å². The Balaban J connectivity index is 1.57. The normalized spacial score (nSPS) is 33.2. The summed E-state index contributed by atoms with van der Waals surface area (Å²) in [5.74, 6) is -6.25. The number of nitrogens with one attached hydrogen (secondary N) is 2. The van der Waals surface area contributed by atoms with E-state index in [1.165, 1.54) is 12.2 Å². The third kappa shape index (κ3) is 10.7. The van der Waals surface area contributed by atoms with E-state index in [4.69, 9.17) is 9.47 Å². The van der Waals surface area contributed by atoms with Gasteiger partial charge < -0.3 is 55.9 Å². The Hall–Kier alpha value is -3.99. The first kappa shape index (κ1) is 46.4. The number of carbonyl (C=O) groups excluding carboxylic acids is 3. The number of carbonyl (C=O) groups is 3. The topological polar surface area (TPSA) is 235 Å². The van der Waals surface area contributed by atoms with Crippen LogP contribution in [0.1, 0.15) is 61.3 Å². The lowest BCUT2D eigenvalue weighted by Gasteiger charge is -2.53. The van der Waals surface area contributed by atoms with Crippen LogP contribution in [0.15, 0.2) is 95.4 Å². The quantitative estimate of drug-likeness (QED) is 0.0503. The Morgan fingerprint density at radius 1 is 0.982 bits per heavy atom. The fourth-order valence-corrected chi connectivity index (χ4v) is 6.92. The van der Waals surface area contributed by atoms with E-state index in [0.29, 0.717) is 11.1 Å². The summed E-state index contributed by atoms with van der Waals surface area (Å²) in [6, 6.07) is 0. The maximum absolute atomic E-state index is 13.2. The van der Waals surface area contributed by atoms with E-state index >= 15 is 0 Å². The molecule has 0 aromatic heterocycles. The molecule has 3 heterocycles. The predicted octanol–water partition coefficient (Wildman–Crippen LogP) is 2.05. The number of rotatable bonds is 15. The van der Waals surface area contributed by atoms with Crippen LogP contribution in [-0.2, 0) is 23.9 Å². The van der Waals surface area contributed by atoms with Gasteiger partial charge >= 0.3 is 0 Å². The highest BCUT2D eigenvalue weighted by Crippen LogP contribution is 2.44. The van der Waals surface area contributed by atoms with Gasteiger partial charge in [0, 0.05) is 30.8 Å². The summed E-state index contributed by atoms with van der Waals surface area (Å²) in [6.07, 6.45) is 10.4. The molecule has 0 spiro atoms. The second-order valence-corrected chi connectivity index (χ2v) is 15.1. The maximum atomic E-state index is 13.2. The van der Waals surface area contributed by atoms with E-state index in [-0.39, 0.29) is 31.5 Å². The Bertz CT molecular complexity index is 1640. The molecular formula is C42H60N2O12. The van der Waals surface area contributed by atoms with Gasteiger partial charge in [-0.15, -0.1) is 0 Å². The van der Waals surface area contributed by atoms with Gasteiger partial charge in [0.05, 0.1) is 30.3 Å². The Morgan fingerprint density at radius 2 is 1.66 bits per heavy atom. The van der Waals surface area contributed by atoms with Crippen LogP contribution in [0.2, 0.25) is 0 Å². The van der Waals surface area contributed by atoms with Gasteiger partial charge in [-0.05, 0) is 38.3 Å². The van der Waals surface area contributed by atoms with Crippen molar-refractivity contribution in [3.8, 4) is 0 Å². The van der Waals surface area contributed by atoms with Crippen LogP contribution < -0.4 is 10.6 Å². The fourth-order valence-electron chi connectivity index (χ4n) is 6.92. The zero-order valence-electron chi connectivity index (χ0n) is 33.2. The first-order valence-corrected chi connectivity index (χ1v) is 19.0. The van der Waals surface area contributed by atoms with E-state index in [0.717, 1.165) is 0 Å². The lowest BCUT2D eigenvalue weighted by molar-refractivity contribution is -0.359. The minimum absolute atomic E-state index is 0.0415. The van der Waals surface area contributed by atoms with E-state index < -0.39 is 95.2 Å². The molecule has 3 saturated heterocycles. The number of aliphatic hydroxyl groups excluding tert-OH is 6. The highest BCUT2D eigenvalue weighted by molar-refractivity contribution is 6.21. The summed E-state index contributed by atoms with van der Waals surface area (Å²) < 4.78 is 11.9. The molecule has 11 unspecified atom stereocenters. The van der Waals surface area contributed by atoms with Crippen molar-refractivity contribution in [3.05, 3.63) is 95.4 Å². The molecule has 0 aliphatic carbocycles. The molecule has 2 amide bonds. The van der Waals surface area contributed by atoms with Crippen LogP contribution >= 0.6 is 0 Å². The minimum Gasteiger partial charge on any atom is -0.507 e. The predicted molar refractivity (Wildman–Crippen MR) is 209 cm³/mol. The average molecular weight is 785 g/mol. The van der Waals surface area contributed by atoms with E-state index in [1.54, 1.807) is 102 Å². The number of ketones is 1. The number of hydrogen-bond acceptors (Lipinski definition) is 12. The van der Waals surface area contributed by atoms with Gasteiger partial charge in [0.2, 0.25) is 11.7 Å². The van der Waals surface area contributed by atoms with Crippen molar-refractivity contribution in [1.29, 1.82) is 0 Å². The third-order valence-corrected chi connectivity index (χ3v) is 10.7.